The normalized spacial score (nSPS) is 22.1. The summed E-state index contributed by atoms with van der Waals surface area (Å²) < 4.78 is 5.38. The van der Waals surface area contributed by atoms with Gasteiger partial charge in [-0.2, -0.15) is 0 Å². The van der Waals surface area contributed by atoms with Gasteiger partial charge in [-0.1, -0.05) is 12.8 Å². The van der Waals surface area contributed by atoms with Gasteiger partial charge in [0.2, 0.25) is 5.88 Å². The van der Waals surface area contributed by atoms with Crippen LogP contribution in [0.2, 0.25) is 0 Å². The van der Waals surface area contributed by atoms with Gasteiger partial charge in [0, 0.05) is 12.1 Å². The van der Waals surface area contributed by atoms with Crippen LogP contribution in [-0.2, 0) is 0 Å². The van der Waals surface area contributed by atoms with E-state index in [-0.39, 0.29) is 0 Å². The molecule has 3 nitrogen and oxygen atoms in total. The maximum Gasteiger partial charge on any atom is 0.213 e. The predicted molar refractivity (Wildman–Crippen MR) is 82.2 cm³/mol. The second-order valence-corrected chi connectivity index (χ2v) is 6.44. The molecule has 0 unspecified atom stereocenters. The molecule has 0 aliphatic heterocycles. The number of nitrogens with one attached hydrogen (secondary N) is 1. The highest BCUT2D eigenvalue weighted by molar-refractivity contribution is 5.43. The zero-order valence-electron chi connectivity index (χ0n) is 12.5. The van der Waals surface area contributed by atoms with Crippen LogP contribution in [0, 0.1) is 5.41 Å². The molecule has 110 valence electrons. The first-order valence-electron chi connectivity index (χ1n) is 8.15. The quantitative estimate of drug-likeness (QED) is 0.884. The Morgan fingerprint density at radius 2 is 1.95 bits per heavy atom. The van der Waals surface area contributed by atoms with E-state index in [0.29, 0.717) is 18.5 Å². The topological polar surface area (TPSA) is 34.1 Å². The maximum absolute atomic E-state index is 5.38. The summed E-state index contributed by atoms with van der Waals surface area (Å²) in [5.74, 6) is 0.714. The van der Waals surface area contributed by atoms with Crippen LogP contribution in [0.4, 0.5) is 5.69 Å². The van der Waals surface area contributed by atoms with E-state index in [9.17, 15) is 0 Å². The molecule has 1 spiro atoms. The predicted octanol–water partition coefficient (Wildman–Crippen LogP) is 4.40. The van der Waals surface area contributed by atoms with Gasteiger partial charge in [-0.25, -0.2) is 4.98 Å². The van der Waals surface area contributed by atoms with Crippen molar-refractivity contribution in [3.8, 4) is 5.88 Å². The smallest absolute Gasteiger partial charge is 0.213 e. The Bertz CT molecular complexity index is 413. The molecule has 2 aliphatic rings. The van der Waals surface area contributed by atoms with Crippen LogP contribution in [0.5, 0.6) is 5.88 Å². The molecular weight excluding hydrogens is 248 g/mol. The highest BCUT2D eigenvalue weighted by atomic mass is 16.5. The third-order valence-electron chi connectivity index (χ3n) is 5.11. The van der Waals surface area contributed by atoms with Crippen LogP contribution in [0.3, 0.4) is 0 Å². The fourth-order valence-corrected chi connectivity index (χ4v) is 3.93. The third kappa shape index (κ3) is 3.08. The molecule has 2 aliphatic carbocycles. The van der Waals surface area contributed by atoms with Gasteiger partial charge in [0.05, 0.1) is 18.5 Å². The molecule has 0 radical (unpaired) electrons. The average molecular weight is 274 g/mol. The van der Waals surface area contributed by atoms with E-state index >= 15 is 0 Å². The number of aromatic nitrogens is 1. The molecule has 0 amide bonds. The summed E-state index contributed by atoms with van der Waals surface area (Å²) in [6.07, 6.45) is 13.2. The highest BCUT2D eigenvalue weighted by Gasteiger charge is 2.37. The molecule has 3 rings (SSSR count). The van der Waals surface area contributed by atoms with Crippen LogP contribution in [0.15, 0.2) is 18.3 Å². The van der Waals surface area contributed by atoms with Crippen molar-refractivity contribution in [3.63, 3.8) is 0 Å². The Hall–Kier alpha value is -1.25. The van der Waals surface area contributed by atoms with Crippen LogP contribution >= 0.6 is 0 Å². The Kier molecular flexibility index (Phi) is 4.13. The van der Waals surface area contributed by atoms with E-state index in [1.807, 2.05) is 19.2 Å². The Morgan fingerprint density at radius 3 is 2.55 bits per heavy atom. The highest BCUT2D eigenvalue weighted by Crippen LogP contribution is 2.49. The van der Waals surface area contributed by atoms with E-state index in [4.69, 9.17) is 4.74 Å². The molecule has 0 atom stereocenters. The van der Waals surface area contributed by atoms with Gasteiger partial charge in [0.15, 0.2) is 0 Å². The van der Waals surface area contributed by atoms with Crippen molar-refractivity contribution in [2.45, 2.75) is 64.3 Å². The number of ether oxygens (including phenoxy) is 1. The van der Waals surface area contributed by atoms with Crippen molar-refractivity contribution >= 4 is 5.69 Å². The molecule has 2 fully saturated rings. The average Bonchev–Trinajstić information content (AvgIpc) is 2.93. The second kappa shape index (κ2) is 6.02. The minimum Gasteiger partial charge on any atom is -0.478 e. The largest absolute Gasteiger partial charge is 0.478 e. The molecule has 1 heterocycles. The van der Waals surface area contributed by atoms with Crippen molar-refractivity contribution in [1.82, 2.24) is 4.98 Å². The van der Waals surface area contributed by atoms with Crippen LogP contribution in [0.1, 0.15) is 58.3 Å². The molecule has 1 N–H and O–H groups in total. The third-order valence-corrected chi connectivity index (χ3v) is 5.11. The fraction of sp³-hybridized carbons (Fsp3) is 0.706. The van der Waals surface area contributed by atoms with Crippen LogP contribution < -0.4 is 10.1 Å². The number of pyridine rings is 1. The van der Waals surface area contributed by atoms with E-state index in [0.717, 1.165) is 11.1 Å². The lowest BCUT2D eigenvalue weighted by molar-refractivity contribution is 0.188. The minimum atomic E-state index is 0.626. The van der Waals surface area contributed by atoms with Crippen molar-refractivity contribution in [3.05, 3.63) is 18.3 Å². The molecule has 0 bridgehead atoms. The van der Waals surface area contributed by atoms with Gasteiger partial charge in [-0.15, -0.1) is 0 Å². The lowest BCUT2D eigenvalue weighted by Crippen LogP contribution is -2.31. The van der Waals surface area contributed by atoms with Crippen molar-refractivity contribution in [2.75, 3.05) is 11.9 Å². The van der Waals surface area contributed by atoms with Gasteiger partial charge >= 0.3 is 0 Å². The lowest BCUT2D eigenvalue weighted by atomic mass is 9.71. The van der Waals surface area contributed by atoms with Gasteiger partial charge in [-0.3, -0.25) is 0 Å². The van der Waals surface area contributed by atoms with E-state index in [1.54, 1.807) is 0 Å². The number of hydrogen-bond donors (Lipinski definition) is 1. The first-order chi connectivity index (χ1) is 9.80. The molecule has 1 aromatic heterocycles. The lowest BCUT2D eigenvalue weighted by Gasteiger charge is -2.37. The standard InChI is InChI=1S/C17H26N2O/c1-2-20-16-6-5-15(13-18-16)19-14-7-11-17(12-8-14)9-3-4-10-17/h5-6,13-14,19H,2-4,7-12H2,1H3. The Morgan fingerprint density at radius 1 is 1.20 bits per heavy atom. The van der Waals surface area contributed by atoms with E-state index in [2.05, 4.69) is 16.4 Å². The van der Waals surface area contributed by atoms with Gasteiger partial charge in [0.25, 0.3) is 0 Å². The number of nitrogens with zero attached hydrogens (tertiary/aromatic N) is 1. The summed E-state index contributed by atoms with van der Waals surface area (Å²) in [5.41, 5.74) is 1.84. The fourth-order valence-electron chi connectivity index (χ4n) is 3.93. The van der Waals surface area contributed by atoms with E-state index in [1.165, 1.54) is 51.4 Å². The summed E-state index contributed by atoms with van der Waals surface area (Å²) in [6, 6.07) is 4.66. The van der Waals surface area contributed by atoms with Crippen LogP contribution in [0.25, 0.3) is 0 Å². The summed E-state index contributed by atoms with van der Waals surface area (Å²) in [5, 5.41) is 3.64. The summed E-state index contributed by atoms with van der Waals surface area (Å²) >= 11 is 0. The van der Waals surface area contributed by atoms with Gasteiger partial charge in [0.1, 0.15) is 0 Å². The molecular formula is C17H26N2O. The van der Waals surface area contributed by atoms with Gasteiger partial charge < -0.3 is 10.1 Å². The first-order valence-corrected chi connectivity index (χ1v) is 8.15. The first kappa shape index (κ1) is 13.7. The maximum atomic E-state index is 5.38. The van der Waals surface area contributed by atoms with Gasteiger partial charge in [-0.05, 0) is 56.9 Å². The van der Waals surface area contributed by atoms with Crippen molar-refractivity contribution < 1.29 is 4.74 Å². The molecule has 1 aromatic rings. The SMILES string of the molecule is CCOc1ccc(NC2CCC3(CCCC3)CC2)cn1. The zero-order chi connectivity index (χ0) is 13.8. The summed E-state index contributed by atoms with van der Waals surface area (Å²) in [4.78, 5) is 4.32. The van der Waals surface area contributed by atoms with E-state index < -0.39 is 0 Å². The molecule has 2 saturated carbocycles. The zero-order valence-corrected chi connectivity index (χ0v) is 12.5. The minimum absolute atomic E-state index is 0.626. The Balaban J connectivity index is 1.51. The molecule has 0 aromatic carbocycles. The molecule has 3 heteroatoms. The van der Waals surface area contributed by atoms with Crippen LogP contribution in [-0.4, -0.2) is 17.6 Å². The number of rotatable bonds is 4. The monoisotopic (exact) mass is 274 g/mol. The van der Waals surface area contributed by atoms with Crippen molar-refractivity contribution in [2.24, 2.45) is 5.41 Å². The summed E-state index contributed by atoms with van der Waals surface area (Å²) in [6.45, 7) is 2.65. The summed E-state index contributed by atoms with van der Waals surface area (Å²) in [7, 11) is 0. The van der Waals surface area contributed by atoms with Crippen molar-refractivity contribution in [1.29, 1.82) is 0 Å². The molecule has 20 heavy (non-hydrogen) atoms. The Labute approximate surface area is 122 Å². The second-order valence-electron chi connectivity index (χ2n) is 6.44. The number of hydrogen-bond acceptors (Lipinski definition) is 3. The molecule has 0 saturated heterocycles. The number of anilines is 1.